The molecule has 1 atom stereocenters. The minimum atomic E-state index is 0.402. The molecule has 0 spiro atoms. The number of nitrogens with one attached hydrogen (secondary N) is 1. The van der Waals surface area contributed by atoms with E-state index < -0.39 is 0 Å². The minimum Gasteiger partial charge on any atom is -0.489 e. The molecule has 1 aromatic rings. The van der Waals surface area contributed by atoms with Gasteiger partial charge in [-0.25, -0.2) is 0 Å². The van der Waals surface area contributed by atoms with Crippen LogP contribution in [-0.2, 0) is 0 Å². The van der Waals surface area contributed by atoms with Crippen LogP contribution in [0.15, 0.2) is 6.07 Å². The Labute approximate surface area is 112 Å². The van der Waals surface area contributed by atoms with Gasteiger partial charge in [0, 0.05) is 12.5 Å². The summed E-state index contributed by atoms with van der Waals surface area (Å²) >= 11 is 6.34. The van der Waals surface area contributed by atoms with Crippen LogP contribution in [0, 0.1) is 6.92 Å². The van der Waals surface area contributed by atoms with Gasteiger partial charge < -0.3 is 14.8 Å². The van der Waals surface area contributed by atoms with Crippen molar-refractivity contribution in [2.24, 2.45) is 0 Å². The highest BCUT2D eigenvalue weighted by Crippen LogP contribution is 2.43. The number of ether oxygens (including phenoxy) is 2. The van der Waals surface area contributed by atoms with Gasteiger partial charge in [0.05, 0.1) is 18.2 Å². The van der Waals surface area contributed by atoms with Crippen LogP contribution < -0.4 is 14.8 Å². The molecule has 0 saturated carbocycles. The van der Waals surface area contributed by atoms with Crippen LogP contribution in [0.4, 0.5) is 0 Å². The van der Waals surface area contributed by atoms with Crippen molar-refractivity contribution in [1.29, 1.82) is 0 Å². The van der Waals surface area contributed by atoms with Gasteiger partial charge in [0.1, 0.15) is 0 Å². The summed E-state index contributed by atoms with van der Waals surface area (Å²) in [5, 5.41) is 4.18. The van der Waals surface area contributed by atoms with Gasteiger partial charge in [-0.1, -0.05) is 11.6 Å². The molecule has 3 nitrogen and oxygen atoms in total. The first kappa shape index (κ1) is 12.1. The van der Waals surface area contributed by atoms with E-state index in [1.165, 1.54) is 12.0 Å². The Morgan fingerprint density at radius 2 is 2.00 bits per heavy atom. The molecular formula is C14H18ClNO2. The zero-order valence-corrected chi connectivity index (χ0v) is 11.3. The van der Waals surface area contributed by atoms with E-state index in [0.717, 1.165) is 30.7 Å². The van der Waals surface area contributed by atoms with Crippen molar-refractivity contribution in [1.82, 2.24) is 5.32 Å². The highest BCUT2D eigenvalue weighted by atomic mass is 35.5. The summed E-state index contributed by atoms with van der Waals surface area (Å²) < 4.78 is 11.5. The number of hydrogen-bond donors (Lipinski definition) is 1. The van der Waals surface area contributed by atoms with E-state index in [0.29, 0.717) is 30.0 Å². The first-order valence-electron chi connectivity index (χ1n) is 6.59. The van der Waals surface area contributed by atoms with E-state index in [2.05, 4.69) is 12.2 Å². The van der Waals surface area contributed by atoms with Crippen LogP contribution in [0.25, 0.3) is 0 Å². The summed E-state index contributed by atoms with van der Waals surface area (Å²) in [7, 11) is 0. The fourth-order valence-corrected chi connectivity index (χ4v) is 3.01. The second kappa shape index (κ2) is 4.98. The lowest BCUT2D eigenvalue weighted by atomic mass is 9.98. The van der Waals surface area contributed by atoms with Gasteiger partial charge in [0.15, 0.2) is 11.5 Å². The molecule has 0 aromatic heterocycles. The third-order valence-electron chi connectivity index (χ3n) is 3.70. The number of hydrogen-bond acceptors (Lipinski definition) is 3. The second-order valence-electron chi connectivity index (χ2n) is 4.93. The molecule has 2 aliphatic rings. The average Bonchev–Trinajstić information content (AvgIpc) is 2.77. The van der Waals surface area contributed by atoms with E-state index in [1.807, 2.05) is 6.07 Å². The lowest BCUT2D eigenvalue weighted by Gasteiger charge is -2.19. The fourth-order valence-electron chi connectivity index (χ4n) is 2.75. The molecule has 0 amide bonds. The molecule has 0 bridgehead atoms. The molecule has 1 aromatic carbocycles. The summed E-state index contributed by atoms with van der Waals surface area (Å²) in [5.41, 5.74) is 2.41. The van der Waals surface area contributed by atoms with E-state index in [1.54, 1.807) is 0 Å². The topological polar surface area (TPSA) is 30.5 Å². The van der Waals surface area contributed by atoms with Gasteiger partial charge >= 0.3 is 0 Å². The SMILES string of the molecule is Cc1c(C2CCCN2)cc(Cl)c2c1OCCCO2. The Bertz CT molecular complexity index is 456. The molecule has 1 saturated heterocycles. The Balaban J connectivity index is 2.06. The van der Waals surface area contributed by atoms with Crippen molar-refractivity contribution < 1.29 is 9.47 Å². The Hall–Kier alpha value is -0.930. The van der Waals surface area contributed by atoms with Crippen LogP contribution in [-0.4, -0.2) is 19.8 Å². The lowest BCUT2D eigenvalue weighted by Crippen LogP contribution is -2.14. The highest BCUT2D eigenvalue weighted by molar-refractivity contribution is 6.32. The van der Waals surface area contributed by atoms with Gasteiger partial charge in [-0.3, -0.25) is 0 Å². The third kappa shape index (κ3) is 2.06. The summed E-state index contributed by atoms with van der Waals surface area (Å²) in [6.07, 6.45) is 3.29. The molecule has 1 N–H and O–H groups in total. The molecule has 2 aliphatic heterocycles. The highest BCUT2D eigenvalue weighted by Gasteiger charge is 2.25. The fraction of sp³-hybridized carbons (Fsp3) is 0.571. The lowest BCUT2D eigenvalue weighted by molar-refractivity contribution is 0.296. The normalized spacial score (nSPS) is 22.9. The summed E-state index contributed by atoms with van der Waals surface area (Å²) in [5.74, 6) is 1.55. The minimum absolute atomic E-state index is 0.402. The van der Waals surface area contributed by atoms with Crippen LogP contribution in [0.1, 0.15) is 36.4 Å². The predicted octanol–water partition coefficient (Wildman–Crippen LogP) is 3.23. The molecule has 0 radical (unpaired) electrons. The molecule has 2 heterocycles. The maximum Gasteiger partial charge on any atom is 0.180 e. The van der Waals surface area contributed by atoms with Gasteiger partial charge in [0.2, 0.25) is 0 Å². The monoisotopic (exact) mass is 267 g/mol. The molecule has 1 fully saturated rings. The van der Waals surface area contributed by atoms with Crippen molar-refractivity contribution >= 4 is 11.6 Å². The van der Waals surface area contributed by atoms with E-state index in [4.69, 9.17) is 21.1 Å². The second-order valence-corrected chi connectivity index (χ2v) is 5.34. The van der Waals surface area contributed by atoms with Crippen LogP contribution in [0.5, 0.6) is 11.5 Å². The zero-order chi connectivity index (χ0) is 12.5. The molecule has 18 heavy (non-hydrogen) atoms. The maximum absolute atomic E-state index is 6.34. The molecular weight excluding hydrogens is 250 g/mol. The average molecular weight is 268 g/mol. The van der Waals surface area contributed by atoms with Gasteiger partial charge in [-0.2, -0.15) is 0 Å². The number of rotatable bonds is 1. The third-order valence-corrected chi connectivity index (χ3v) is 3.98. The standard InChI is InChI=1S/C14H18ClNO2/c1-9-10(12-4-2-5-16-12)8-11(15)14-13(9)17-6-3-7-18-14/h8,12,16H,2-7H2,1H3. The molecule has 4 heteroatoms. The molecule has 1 unspecified atom stereocenters. The molecule has 0 aliphatic carbocycles. The molecule has 98 valence electrons. The van der Waals surface area contributed by atoms with Crippen molar-refractivity contribution in [2.45, 2.75) is 32.2 Å². The smallest absolute Gasteiger partial charge is 0.180 e. The van der Waals surface area contributed by atoms with Gasteiger partial charge in [-0.15, -0.1) is 0 Å². The van der Waals surface area contributed by atoms with Crippen molar-refractivity contribution in [2.75, 3.05) is 19.8 Å². The summed E-state index contributed by atoms with van der Waals surface area (Å²) in [4.78, 5) is 0. The van der Waals surface area contributed by atoms with Gasteiger partial charge in [-0.05, 0) is 43.5 Å². The van der Waals surface area contributed by atoms with Crippen molar-refractivity contribution in [3.8, 4) is 11.5 Å². The van der Waals surface area contributed by atoms with Gasteiger partial charge in [0.25, 0.3) is 0 Å². The number of halogens is 1. The van der Waals surface area contributed by atoms with E-state index >= 15 is 0 Å². The largest absolute Gasteiger partial charge is 0.489 e. The maximum atomic E-state index is 6.34. The quantitative estimate of drug-likeness (QED) is 0.847. The van der Waals surface area contributed by atoms with Crippen molar-refractivity contribution in [3.05, 3.63) is 22.2 Å². The number of fused-ring (bicyclic) bond motifs is 1. The number of benzene rings is 1. The molecule has 3 rings (SSSR count). The zero-order valence-electron chi connectivity index (χ0n) is 10.6. The first-order chi connectivity index (χ1) is 8.77. The van der Waals surface area contributed by atoms with Crippen LogP contribution >= 0.6 is 11.6 Å². The van der Waals surface area contributed by atoms with E-state index in [9.17, 15) is 0 Å². The predicted molar refractivity (Wildman–Crippen MR) is 71.8 cm³/mol. The van der Waals surface area contributed by atoms with Crippen molar-refractivity contribution in [3.63, 3.8) is 0 Å². The van der Waals surface area contributed by atoms with Crippen LogP contribution in [0.3, 0.4) is 0 Å². The summed E-state index contributed by atoms with van der Waals surface area (Å²) in [6, 6.07) is 2.44. The first-order valence-corrected chi connectivity index (χ1v) is 6.97. The Morgan fingerprint density at radius 1 is 1.22 bits per heavy atom. The Kier molecular flexibility index (Phi) is 3.35. The van der Waals surface area contributed by atoms with Crippen LogP contribution in [0.2, 0.25) is 5.02 Å². The van der Waals surface area contributed by atoms with E-state index in [-0.39, 0.29) is 0 Å². The summed E-state index contributed by atoms with van der Waals surface area (Å²) in [6.45, 7) is 4.55. The Morgan fingerprint density at radius 3 is 2.72 bits per heavy atom.